The average Bonchev–Trinajstić information content (AvgIpc) is 2.81. The third-order valence-electron chi connectivity index (χ3n) is 2.38. The molecular weight excluding hydrogens is 321 g/mol. The number of nitrogens with two attached hydrogens (primary N) is 1. The number of hydrogen-bond acceptors (Lipinski definition) is 4. The highest BCUT2D eigenvalue weighted by Gasteiger charge is 2.17. The van der Waals surface area contributed by atoms with Crippen molar-refractivity contribution in [1.82, 2.24) is 9.78 Å². The smallest absolute Gasteiger partial charge is 0.307 e. The molecule has 98 valence electrons. The van der Waals surface area contributed by atoms with E-state index in [-0.39, 0.29) is 27.2 Å². The lowest BCUT2D eigenvalue weighted by atomic mass is 10.2. The molecule has 9 heteroatoms. The van der Waals surface area contributed by atoms with E-state index in [1.165, 1.54) is 12.1 Å². The van der Waals surface area contributed by atoms with Crippen molar-refractivity contribution in [2.75, 3.05) is 0 Å². The Morgan fingerprint density at radius 1 is 1.58 bits per heavy atom. The van der Waals surface area contributed by atoms with Gasteiger partial charge in [0.15, 0.2) is 5.82 Å². The minimum Gasteiger partial charge on any atom is -0.384 e. The van der Waals surface area contributed by atoms with Crippen molar-refractivity contribution in [1.29, 1.82) is 5.41 Å². The first-order chi connectivity index (χ1) is 8.91. The molecule has 2 aromatic rings. The van der Waals surface area contributed by atoms with Crippen LogP contribution in [0.15, 0.2) is 29.0 Å². The molecular formula is C10H7BrFN5O2. The second kappa shape index (κ2) is 4.76. The SMILES string of the molecule is N=C(N)c1ccc(-n2cc([N+](=O)[O-])cn2)c(F)c1Br. The van der Waals surface area contributed by atoms with Crippen LogP contribution in [0, 0.1) is 21.3 Å². The zero-order chi connectivity index (χ0) is 14.2. The van der Waals surface area contributed by atoms with E-state index in [1.54, 1.807) is 0 Å². The van der Waals surface area contributed by atoms with Crippen LogP contribution in [-0.4, -0.2) is 20.5 Å². The van der Waals surface area contributed by atoms with Gasteiger partial charge in [-0.2, -0.15) is 5.10 Å². The van der Waals surface area contributed by atoms with E-state index in [0.717, 1.165) is 17.1 Å². The maximum atomic E-state index is 14.1. The van der Waals surface area contributed by atoms with Crippen LogP contribution in [0.4, 0.5) is 10.1 Å². The first-order valence-corrected chi connectivity index (χ1v) is 5.73. The van der Waals surface area contributed by atoms with Crippen LogP contribution in [0.1, 0.15) is 5.56 Å². The highest BCUT2D eigenvalue weighted by atomic mass is 79.9. The molecule has 0 radical (unpaired) electrons. The first-order valence-electron chi connectivity index (χ1n) is 4.93. The summed E-state index contributed by atoms with van der Waals surface area (Å²) in [5.74, 6) is -0.991. The molecule has 0 amide bonds. The van der Waals surface area contributed by atoms with Crippen molar-refractivity contribution in [2.45, 2.75) is 0 Å². The Morgan fingerprint density at radius 3 is 2.79 bits per heavy atom. The van der Waals surface area contributed by atoms with Crippen molar-refractivity contribution in [2.24, 2.45) is 5.73 Å². The second-order valence-electron chi connectivity index (χ2n) is 3.57. The van der Waals surface area contributed by atoms with Gasteiger partial charge in [-0.3, -0.25) is 15.5 Å². The number of nitrogen functional groups attached to an aromatic ring is 1. The van der Waals surface area contributed by atoms with Crippen LogP contribution >= 0.6 is 15.9 Å². The summed E-state index contributed by atoms with van der Waals surface area (Å²) in [6.07, 6.45) is 2.12. The number of hydrogen-bond donors (Lipinski definition) is 2. The molecule has 0 saturated carbocycles. The van der Waals surface area contributed by atoms with Crippen LogP contribution in [-0.2, 0) is 0 Å². The Morgan fingerprint density at radius 2 is 2.26 bits per heavy atom. The predicted molar refractivity (Wildman–Crippen MR) is 68.9 cm³/mol. The zero-order valence-electron chi connectivity index (χ0n) is 9.30. The molecule has 1 aromatic carbocycles. The number of halogens is 2. The summed E-state index contributed by atoms with van der Waals surface area (Å²) in [5, 5.41) is 21.5. The largest absolute Gasteiger partial charge is 0.384 e. The molecule has 0 bridgehead atoms. The van der Waals surface area contributed by atoms with Gasteiger partial charge in [0.2, 0.25) is 0 Å². The van der Waals surface area contributed by atoms with Gasteiger partial charge in [-0.25, -0.2) is 9.07 Å². The molecule has 1 heterocycles. The van der Waals surface area contributed by atoms with Gasteiger partial charge in [-0.05, 0) is 28.1 Å². The van der Waals surface area contributed by atoms with Crippen molar-refractivity contribution in [3.8, 4) is 5.69 Å². The number of aromatic nitrogens is 2. The Balaban J connectivity index is 2.54. The summed E-state index contributed by atoms with van der Waals surface area (Å²) in [6, 6.07) is 2.77. The maximum absolute atomic E-state index is 14.1. The Bertz CT molecular complexity index is 685. The Hall–Kier alpha value is -2.29. The van der Waals surface area contributed by atoms with Crippen LogP contribution < -0.4 is 5.73 Å². The fourth-order valence-electron chi connectivity index (χ4n) is 1.46. The van der Waals surface area contributed by atoms with Gasteiger partial charge in [0.25, 0.3) is 0 Å². The van der Waals surface area contributed by atoms with Crippen LogP contribution in [0.2, 0.25) is 0 Å². The van der Waals surface area contributed by atoms with Crippen LogP contribution in [0.5, 0.6) is 0 Å². The summed E-state index contributed by atoms with van der Waals surface area (Å²) in [7, 11) is 0. The molecule has 0 fully saturated rings. The minimum absolute atomic E-state index is 0.00986. The van der Waals surface area contributed by atoms with E-state index in [1.807, 2.05) is 0 Å². The number of benzene rings is 1. The lowest BCUT2D eigenvalue weighted by molar-refractivity contribution is -0.384. The average molecular weight is 328 g/mol. The van der Waals surface area contributed by atoms with Crippen molar-refractivity contribution in [3.63, 3.8) is 0 Å². The van der Waals surface area contributed by atoms with Gasteiger partial charge in [0.05, 0.1) is 9.40 Å². The van der Waals surface area contributed by atoms with Gasteiger partial charge in [-0.1, -0.05) is 0 Å². The van der Waals surface area contributed by atoms with Crippen molar-refractivity contribution in [3.05, 3.63) is 50.5 Å². The molecule has 0 aliphatic rings. The lowest BCUT2D eigenvalue weighted by Gasteiger charge is -2.08. The predicted octanol–water partition coefficient (Wildman–Crippen LogP) is 1.97. The molecule has 0 aliphatic heterocycles. The number of nitro groups is 1. The molecule has 0 unspecified atom stereocenters. The summed E-state index contributed by atoms with van der Waals surface area (Å²) < 4.78 is 15.1. The number of nitrogens with zero attached hydrogens (tertiary/aromatic N) is 3. The quantitative estimate of drug-likeness (QED) is 0.388. The van der Waals surface area contributed by atoms with Gasteiger partial charge in [0.1, 0.15) is 23.9 Å². The fraction of sp³-hybridized carbons (Fsp3) is 0. The van der Waals surface area contributed by atoms with E-state index < -0.39 is 10.7 Å². The number of nitrogens with one attached hydrogen (secondary N) is 1. The molecule has 0 atom stereocenters. The number of amidine groups is 1. The summed E-state index contributed by atoms with van der Waals surface area (Å²) >= 11 is 2.99. The van der Waals surface area contributed by atoms with Gasteiger partial charge in [-0.15, -0.1) is 0 Å². The normalized spacial score (nSPS) is 10.4. The third kappa shape index (κ3) is 2.32. The monoisotopic (exact) mass is 327 g/mol. The topological polar surface area (TPSA) is 111 Å². The van der Waals surface area contributed by atoms with Gasteiger partial charge < -0.3 is 5.73 Å². The summed E-state index contributed by atoms with van der Waals surface area (Å²) in [4.78, 5) is 9.92. The van der Waals surface area contributed by atoms with E-state index in [0.29, 0.717) is 0 Å². The minimum atomic E-state index is -0.703. The molecule has 2 rings (SSSR count). The Labute approximate surface area is 114 Å². The summed E-state index contributed by atoms with van der Waals surface area (Å²) in [5.41, 5.74) is 5.26. The van der Waals surface area contributed by atoms with E-state index in [4.69, 9.17) is 11.1 Å². The molecule has 0 aliphatic carbocycles. The highest BCUT2D eigenvalue weighted by Crippen LogP contribution is 2.26. The molecule has 19 heavy (non-hydrogen) atoms. The van der Waals surface area contributed by atoms with E-state index in [2.05, 4.69) is 21.0 Å². The third-order valence-corrected chi connectivity index (χ3v) is 3.15. The maximum Gasteiger partial charge on any atom is 0.307 e. The molecule has 0 saturated heterocycles. The Kier molecular flexibility index (Phi) is 3.30. The lowest BCUT2D eigenvalue weighted by Crippen LogP contribution is -2.13. The highest BCUT2D eigenvalue weighted by molar-refractivity contribution is 9.10. The second-order valence-corrected chi connectivity index (χ2v) is 4.37. The van der Waals surface area contributed by atoms with Crippen molar-refractivity contribution >= 4 is 27.5 Å². The summed E-state index contributed by atoms with van der Waals surface area (Å²) in [6.45, 7) is 0. The van der Waals surface area contributed by atoms with Gasteiger partial charge in [0, 0.05) is 5.56 Å². The molecule has 3 N–H and O–H groups in total. The van der Waals surface area contributed by atoms with Crippen LogP contribution in [0.25, 0.3) is 5.69 Å². The van der Waals surface area contributed by atoms with Crippen LogP contribution in [0.3, 0.4) is 0 Å². The molecule has 1 aromatic heterocycles. The number of rotatable bonds is 3. The fourth-order valence-corrected chi connectivity index (χ4v) is 2.01. The molecule has 0 spiro atoms. The van der Waals surface area contributed by atoms with Gasteiger partial charge >= 0.3 is 5.69 Å². The molecule has 7 nitrogen and oxygen atoms in total. The standard InChI is InChI=1S/C10H7BrFN5O2/c11-8-6(10(13)14)1-2-7(9(8)12)16-4-5(3-15-16)17(18)19/h1-4H,(H3,13,14). The van der Waals surface area contributed by atoms with E-state index in [9.17, 15) is 14.5 Å². The van der Waals surface area contributed by atoms with E-state index >= 15 is 0 Å². The zero-order valence-corrected chi connectivity index (χ0v) is 10.9. The first kappa shape index (κ1) is 13.1. The van der Waals surface area contributed by atoms with Crippen molar-refractivity contribution < 1.29 is 9.31 Å².